The summed E-state index contributed by atoms with van der Waals surface area (Å²) in [6.45, 7) is 2.00. The molecule has 0 unspecified atom stereocenters. The van der Waals surface area contributed by atoms with E-state index in [-0.39, 0.29) is 5.91 Å². The van der Waals surface area contributed by atoms with Gasteiger partial charge in [0.1, 0.15) is 0 Å². The van der Waals surface area contributed by atoms with Crippen molar-refractivity contribution in [3.05, 3.63) is 0 Å². The topological polar surface area (TPSA) is 41.1 Å². The van der Waals surface area contributed by atoms with E-state index in [0.717, 1.165) is 25.9 Å². The maximum atomic E-state index is 11.7. The van der Waals surface area contributed by atoms with Crippen LogP contribution in [0, 0.1) is 5.92 Å². The van der Waals surface area contributed by atoms with Crippen LogP contribution in [0.3, 0.4) is 0 Å². The zero-order chi connectivity index (χ0) is 10.5. The fourth-order valence-electron chi connectivity index (χ4n) is 2.28. The van der Waals surface area contributed by atoms with Crippen LogP contribution in [0.2, 0.25) is 0 Å². The summed E-state index contributed by atoms with van der Waals surface area (Å²) in [7, 11) is 0. The number of hydrogen-bond donors (Lipinski definition) is 2. The van der Waals surface area contributed by atoms with E-state index >= 15 is 0 Å². The molecule has 2 aliphatic rings. The molecular weight excluding hydrogens is 208 g/mol. The molecule has 1 atom stereocenters. The predicted molar refractivity (Wildman–Crippen MR) is 64.1 cm³/mol. The Morgan fingerprint density at radius 3 is 2.80 bits per heavy atom. The van der Waals surface area contributed by atoms with Crippen molar-refractivity contribution in [2.75, 3.05) is 24.6 Å². The van der Waals surface area contributed by atoms with E-state index in [2.05, 4.69) is 10.6 Å². The molecule has 2 fully saturated rings. The highest BCUT2D eigenvalue weighted by Crippen LogP contribution is 2.25. The molecule has 0 bridgehead atoms. The highest BCUT2D eigenvalue weighted by atomic mass is 32.2. The predicted octanol–water partition coefficient (Wildman–Crippen LogP) is 0.998. The number of amides is 1. The first kappa shape index (κ1) is 11.3. The lowest BCUT2D eigenvalue weighted by Gasteiger charge is -2.21. The van der Waals surface area contributed by atoms with Crippen molar-refractivity contribution in [1.82, 2.24) is 10.6 Å². The monoisotopic (exact) mass is 228 g/mol. The van der Waals surface area contributed by atoms with Crippen LogP contribution in [0.4, 0.5) is 0 Å². The summed E-state index contributed by atoms with van der Waals surface area (Å²) in [6, 6.07) is 0.385. The van der Waals surface area contributed by atoms with Crippen molar-refractivity contribution in [3.8, 4) is 0 Å². The average molecular weight is 228 g/mol. The van der Waals surface area contributed by atoms with Gasteiger partial charge in [-0.15, -0.1) is 0 Å². The molecule has 2 N–H and O–H groups in total. The summed E-state index contributed by atoms with van der Waals surface area (Å²) in [4.78, 5) is 11.7. The lowest BCUT2D eigenvalue weighted by molar-refractivity contribution is -0.122. The Morgan fingerprint density at radius 1 is 1.33 bits per heavy atom. The molecule has 15 heavy (non-hydrogen) atoms. The zero-order valence-electron chi connectivity index (χ0n) is 9.13. The first-order valence-electron chi connectivity index (χ1n) is 5.92. The number of nitrogens with one attached hydrogen (secondary N) is 2. The SMILES string of the molecule is O=C(CC1CCSCC1)N[C@@H]1CCNC1. The van der Waals surface area contributed by atoms with Crippen LogP contribution in [0.1, 0.15) is 25.7 Å². The number of rotatable bonds is 3. The van der Waals surface area contributed by atoms with Gasteiger partial charge in [-0.3, -0.25) is 4.79 Å². The number of carbonyl (C=O) groups excluding carboxylic acids is 1. The highest BCUT2D eigenvalue weighted by molar-refractivity contribution is 7.99. The van der Waals surface area contributed by atoms with Crippen LogP contribution < -0.4 is 10.6 Å². The molecule has 0 radical (unpaired) electrons. The molecule has 0 spiro atoms. The van der Waals surface area contributed by atoms with E-state index < -0.39 is 0 Å². The van der Waals surface area contributed by atoms with Gasteiger partial charge in [0.05, 0.1) is 0 Å². The molecule has 0 aromatic heterocycles. The Labute approximate surface area is 95.8 Å². The van der Waals surface area contributed by atoms with Gasteiger partial charge in [-0.2, -0.15) is 11.8 Å². The summed E-state index contributed by atoms with van der Waals surface area (Å²) in [5.74, 6) is 3.38. The second kappa shape index (κ2) is 5.75. The van der Waals surface area contributed by atoms with E-state index in [1.165, 1.54) is 24.3 Å². The minimum Gasteiger partial charge on any atom is -0.352 e. The molecule has 0 aromatic carbocycles. The van der Waals surface area contributed by atoms with Crippen molar-refractivity contribution < 1.29 is 4.79 Å². The van der Waals surface area contributed by atoms with E-state index in [1.54, 1.807) is 0 Å². The van der Waals surface area contributed by atoms with E-state index in [1.807, 2.05) is 11.8 Å². The Hall–Kier alpha value is -0.220. The van der Waals surface area contributed by atoms with Gasteiger partial charge in [0, 0.05) is 19.0 Å². The largest absolute Gasteiger partial charge is 0.352 e. The lowest BCUT2D eigenvalue weighted by atomic mass is 9.98. The molecule has 0 aromatic rings. The summed E-state index contributed by atoms with van der Waals surface area (Å²) in [5, 5.41) is 6.38. The second-order valence-electron chi connectivity index (χ2n) is 4.52. The zero-order valence-corrected chi connectivity index (χ0v) is 9.94. The molecule has 0 saturated carbocycles. The first-order chi connectivity index (χ1) is 7.34. The number of thioether (sulfide) groups is 1. The van der Waals surface area contributed by atoms with Crippen LogP contribution in [-0.4, -0.2) is 36.5 Å². The third-order valence-corrected chi connectivity index (χ3v) is 4.29. The fraction of sp³-hybridized carbons (Fsp3) is 0.909. The standard InChI is InChI=1S/C11H20N2OS/c14-11(13-10-1-4-12-8-10)7-9-2-5-15-6-3-9/h9-10,12H,1-8H2,(H,13,14)/t10-/m1/s1. The highest BCUT2D eigenvalue weighted by Gasteiger charge is 2.20. The average Bonchev–Trinajstić information content (AvgIpc) is 2.71. The van der Waals surface area contributed by atoms with Gasteiger partial charge < -0.3 is 10.6 Å². The Balaban J connectivity index is 1.66. The Kier molecular flexibility index (Phi) is 4.32. The smallest absolute Gasteiger partial charge is 0.220 e. The number of carbonyl (C=O) groups is 1. The third-order valence-electron chi connectivity index (χ3n) is 3.24. The summed E-state index contributed by atoms with van der Waals surface area (Å²) in [5.41, 5.74) is 0. The minimum atomic E-state index is 0.264. The summed E-state index contributed by atoms with van der Waals surface area (Å²) in [6.07, 6.45) is 4.28. The van der Waals surface area contributed by atoms with Gasteiger partial charge in [-0.05, 0) is 43.2 Å². The van der Waals surface area contributed by atoms with E-state index in [4.69, 9.17) is 0 Å². The van der Waals surface area contributed by atoms with Crippen molar-refractivity contribution in [1.29, 1.82) is 0 Å². The molecule has 3 nitrogen and oxygen atoms in total. The van der Waals surface area contributed by atoms with Gasteiger partial charge in [0.2, 0.25) is 5.91 Å². The van der Waals surface area contributed by atoms with Crippen molar-refractivity contribution in [2.24, 2.45) is 5.92 Å². The van der Waals surface area contributed by atoms with Crippen LogP contribution in [0.25, 0.3) is 0 Å². The van der Waals surface area contributed by atoms with Crippen molar-refractivity contribution >= 4 is 17.7 Å². The minimum absolute atomic E-state index is 0.264. The van der Waals surface area contributed by atoms with Gasteiger partial charge in [-0.1, -0.05) is 0 Å². The fourth-order valence-corrected chi connectivity index (χ4v) is 3.48. The van der Waals surface area contributed by atoms with Crippen molar-refractivity contribution in [2.45, 2.75) is 31.7 Å². The maximum Gasteiger partial charge on any atom is 0.220 e. The van der Waals surface area contributed by atoms with Gasteiger partial charge in [0.15, 0.2) is 0 Å². The summed E-state index contributed by atoms with van der Waals surface area (Å²) < 4.78 is 0. The molecular formula is C11H20N2OS. The van der Waals surface area contributed by atoms with Gasteiger partial charge >= 0.3 is 0 Å². The van der Waals surface area contributed by atoms with E-state index in [0.29, 0.717) is 12.0 Å². The van der Waals surface area contributed by atoms with Crippen molar-refractivity contribution in [3.63, 3.8) is 0 Å². The molecule has 0 aliphatic carbocycles. The molecule has 4 heteroatoms. The first-order valence-corrected chi connectivity index (χ1v) is 7.08. The summed E-state index contributed by atoms with van der Waals surface area (Å²) >= 11 is 2.02. The molecule has 2 aliphatic heterocycles. The van der Waals surface area contributed by atoms with Crippen LogP contribution in [-0.2, 0) is 4.79 Å². The maximum absolute atomic E-state index is 11.7. The normalized spacial score (nSPS) is 27.9. The van der Waals surface area contributed by atoms with Crippen LogP contribution in [0.15, 0.2) is 0 Å². The Bertz CT molecular complexity index is 211. The molecule has 2 saturated heterocycles. The lowest BCUT2D eigenvalue weighted by Crippen LogP contribution is -2.37. The molecule has 86 valence electrons. The van der Waals surface area contributed by atoms with Crippen LogP contribution >= 0.6 is 11.8 Å². The quantitative estimate of drug-likeness (QED) is 0.757. The second-order valence-corrected chi connectivity index (χ2v) is 5.74. The van der Waals surface area contributed by atoms with E-state index in [9.17, 15) is 4.79 Å². The number of hydrogen-bond acceptors (Lipinski definition) is 3. The van der Waals surface area contributed by atoms with Gasteiger partial charge in [-0.25, -0.2) is 0 Å². The third kappa shape index (κ3) is 3.68. The molecule has 1 amide bonds. The van der Waals surface area contributed by atoms with Gasteiger partial charge in [0.25, 0.3) is 0 Å². The van der Waals surface area contributed by atoms with Crippen LogP contribution in [0.5, 0.6) is 0 Å². The Morgan fingerprint density at radius 2 is 2.13 bits per heavy atom. The molecule has 2 heterocycles. The molecule has 2 rings (SSSR count).